The molecule has 0 radical (unpaired) electrons. The average molecular weight is 404 g/mol. The predicted octanol–water partition coefficient (Wildman–Crippen LogP) is 4.12. The number of guanidine groups is 1. The largest absolute Gasteiger partial charge is 0.369 e. The van der Waals surface area contributed by atoms with E-state index in [9.17, 15) is 8.42 Å². The molecule has 9 heteroatoms. The second-order valence-corrected chi connectivity index (χ2v) is 7.31. The fraction of sp³-hybridized carbons (Fsp3) is 0.188. The van der Waals surface area contributed by atoms with Crippen molar-refractivity contribution < 1.29 is 13.0 Å². The molecule has 0 unspecified atom stereocenters. The lowest BCUT2D eigenvalue weighted by atomic mass is 10.1. The summed E-state index contributed by atoms with van der Waals surface area (Å²) in [7, 11) is -3.67. The molecule has 0 atom stereocenters. The van der Waals surface area contributed by atoms with E-state index < -0.39 is 10.1 Å². The van der Waals surface area contributed by atoms with Crippen LogP contribution < -0.4 is 11.1 Å². The van der Waals surface area contributed by atoms with Crippen molar-refractivity contribution in [2.24, 2.45) is 10.7 Å². The van der Waals surface area contributed by atoms with Gasteiger partial charge in [0, 0.05) is 10.7 Å². The number of hydrogen-bond acceptors (Lipinski definition) is 3. The van der Waals surface area contributed by atoms with E-state index in [2.05, 4.69) is 23.3 Å². The number of halogens is 2. The molecule has 0 aliphatic heterocycles. The minimum Gasteiger partial charge on any atom is -0.369 e. The maximum absolute atomic E-state index is 9.19. The van der Waals surface area contributed by atoms with Crippen LogP contribution in [-0.2, 0) is 16.5 Å². The molecule has 0 heterocycles. The fourth-order valence-corrected chi connectivity index (χ4v) is 2.07. The van der Waals surface area contributed by atoms with Crippen LogP contribution in [0.1, 0.15) is 12.5 Å². The van der Waals surface area contributed by atoms with Gasteiger partial charge in [0.1, 0.15) is 0 Å². The van der Waals surface area contributed by atoms with Gasteiger partial charge in [-0.3, -0.25) is 4.55 Å². The number of rotatable bonds is 3. The fourth-order valence-electron chi connectivity index (χ4n) is 1.75. The Morgan fingerprint density at radius 3 is 2.48 bits per heavy atom. The van der Waals surface area contributed by atoms with E-state index in [1.807, 2.05) is 18.2 Å². The maximum atomic E-state index is 9.19. The summed E-state index contributed by atoms with van der Waals surface area (Å²) in [6.07, 6.45) is 1.68. The highest BCUT2D eigenvalue weighted by atomic mass is 35.5. The minimum absolute atomic E-state index is 0.266. The van der Waals surface area contributed by atoms with Gasteiger partial charge in [-0.2, -0.15) is 8.42 Å². The predicted molar refractivity (Wildman–Crippen MR) is 105 cm³/mol. The number of aryl methyl sites for hydroxylation is 1. The second-order valence-electron chi connectivity index (χ2n) is 5.00. The third-order valence-electron chi connectivity index (χ3n) is 2.76. The second kappa shape index (κ2) is 9.62. The van der Waals surface area contributed by atoms with Gasteiger partial charge in [-0.25, -0.2) is 4.99 Å². The third kappa shape index (κ3) is 9.31. The number of nitrogens with one attached hydrogen (secondary N) is 1. The summed E-state index contributed by atoms with van der Waals surface area (Å²) in [4.78, 5) is 4.24. The number of benzene rings is 2. The maximum Gasteiger partial charge on any atom is 0.261 e. The van der Waals surface area contributed by atoms with Crippen LogP contribution >= 0.6 is 23.2 Å². The van der Waals surface area contributed by atoms with E-state index in [-0.39, 0.29) is 5.96 Å². The van der Waals surface area contributed by atoms with E-state index >= 15 is 0 Å². The van der Waals surface area contributed by atoms with Crippen LogP contribution in [0.3, 0.4) is 0 Å². The minimum atomic E-state index is -3.67. The summed E-state index contributed by atoms with van der Waals surface area (Å²) in [5.74, 6) is 0.266. The van der Waals surface area contributed by atoms with Crippen molar-refractivity contribution in [2.45, 2.75) is 13.3 Å². The highest BCUT2D eigenvalue weighted by Gasteiger charge is 2.02. The molecule has 0 saturated carbocycles. The lowest BCUT2D eigenvalue weighted by Gasteiger charge is -2.07. The van der Waals surface area contributed by atoms with Crippen molar-refractivity contribution in [2.75, 3.05) is 11.6 Å². The molecular formula is C16H19Cl2N3O3S. The van der Waals surface area contributed by atoms with Crippen LogP contribution in [0.25, 0.3) is 0 Å². The molecule has 136 valence electrons. The zero-order valence-electron chi connectivity index (χ0n) is 13.7. The lowest BCUT2D eigenvalue weighted by molar-refractivity contribution is 0.490. The van der Waals surface area contributed by atoms with Crippen molar-refractivity contribution in [3.05, 3.63) is 58.1 Å². The highest BCUT2D eigenvalue weighted by molar-refractivity contribution is 7.85. The number of nitrogens with zero attached hydrogens (tertiary/aromatic N) is 1. The van der Waals surface area contributed by atoms with Gasteiger partial charge in [-0.15, -0.1) is 0 Å². The Bertz CT molecular complexity index is 847. The highest BCUT2D eigenvalue weighted by Crippen LogP contribution is 2.28. The first-order chi connectivity index (χ1) is 11.6. The first-order valence-electron chi connectivity index (χ1n) is 7.16. The summed E-state index contributed by atoms with van der Waals surface area (Å²) < 4.78 is 25.9. The van der Waals surface area contributed by atoms with Crippen molar-refractivity contribution in [3.8, 4) is 0 Å². The van der Waals surface area contributed by atoms with Gasteiger partial charge in [0.2, 0.25) is 0 Å². The van der Waals surface area contributed by atoms with Crippen LogP contribution in [0.5, 0.6) is 0 Å². The van der Waals surface area contributed by atoms with E-state index in [1.54, 1.807) is 18.2 Å². The standard InChI is InChI=1S/C15H15Cl2N3.CH4O3S/c1-2-10-4-3-5-12(8-10)19-15(18)20-14-9-11(16)6-7-13(14)17;1-5(2,3)4/h3-9H,2H2,1H3,(H3,18,19,20);1H3,(H,2,3,4). The Morgan fingerprint density at radius 1 is 1.24 bits per heavy atom. The van der Waals surface area contributed by atoms with Gasteiger partial charge < -0.3 is 11.1 Å². The van der Waals surface area contributed by atoms with Crippen molar-refractivity contribution in [1.29, 1.82) is 0 Å². The van der Waals surface area contributed by atoms with Crippen LogP contribution in [0.4, 0.5) is 11.4 Å². The summed E-state index contributed by atoms with van der Waals surface area (Å²) in [6, 6.07) is 13.1. The number of aliphatic imine (C=N–C) groups is 1. The molecule has 0 aliphatic rings. The van der Waals surface area contributed by atoms with Crippen molar-refractivity contribution >= 4 is 50.7 Å². The topological polar surface area (TPSA) is 105 Å². The number of hydrogen-bond donors (Lipinski definition) is 3. The summed E-state index contributed by atoms with van der Waals surface area (Å²) in [6.45, 7) is 2.10. The van der Waals surface area contributed by atoms with Crippen LogP contribution in [-0.4, -0.2) is 25.2 Å². The van der Waals surface area contributed by atoms with Gasteiger partial charge in [-0.05, 0) is 42.3 Å². The first-order valence-corrected chi connectivity index (χ1v) is 9.76. The van der Waals surface area contributed by atoms with Gasteiger partial charge in [-0.1, -0.05) is 42.3 Å². The molecule has 0 amide bonds. The number of nitrogens with two attached hydrogens (primary N) is 1. The SMILES string of the molecule is CCc1cccc(NC(N)=Nc2cc(Cl)ccc2Cl)c1.CS(=O)(=O)O. The van der Waals surface area contributed by atoms with Crippen molar-refractivity contribution in [1.82, 2.24) is 0 Å². The Morgan fingerprint density at radius 2 is 1.88 bits per heavy atom. The van der Waals surface area contributed by atoms with E-state index in [1.165, 1.54) is 5.56 Å². The first kappa shape index (κ1) is 21.2. The van der Waals surface area contributed by atoms with Gasteiger partial charge in [0.15, 0.2) is 5.96 Å². The molecule has 2 aromatic carbocycles. The molecule has 2 aromatic rings. The Balaban J connectivity index is 0.000000550. The molecule has 0 aliphatic carbocycles. The molecular weight excluding hydrogens is 385 g/mol. The van der Waals surface area contributed by atoms with Crippen molar-refractivity contribution in [3.63, 3.8) is 0 Å². The smallest absolute Gasteiger partial charge is 0.261 e. The van der Waals surface area contributed by atoms with E-state index in [0.29, 0.717) is 22.0 Å². The monoisotopic (exact) mass is 403 g/mol. The number of anilines is 1. The molecule has 0 fully saturated rings. The van der Waals surface area contributed by atoms with Gasteiger partial charge in [0.05, 0.1) is 17.0 Å². The Kier molecular flexibility index (Phi) is 8.18. The molecule has 6 nitrogen and oxygen atoms in total. The molecule has 0 saturated heterocycles. The molecule has 2 rings (SSSR count). The normalized spacial score (nSPS) is 11.5. The van der Waals surface area contributed by atoms with Crippen LogP contribution in [0.15, 0.2) is 47.5 Å². The van der Waals surface area contributed by atoms with Gasteiger partial charge in [0.25, 0.3) is 10.1 Å². The van der Waals surface area contributed by atoms with Gasteiger partial charge >= 0.3 is 0 Å². The quantitative estimate of drug-likeness (QED) is 0.406. The molecule has 4 N–H and O–H groups in total. The molecule has 25 heavy (non-hydrogen) atoms. The van der Waals surface area contributed by atoms with E-state index in [0.717, 1.165) is 12.1 Å². The molecule has 0 aromatic heterocycles. The van der Waals surface area contributed by atoms with Crippen LogP contribution in [0.2, 0.25) is 10.0 Å². The van der Waals surface area contributed by atoms with E-state index in [4.69, 9.17) is 33.5 Å². The molecule has 0 spiro atoms. The summed E-state index contributed by atoms with van der Waals surface area (Å²) >= 11 is 12.0. The Labute approximate surface area is 157 Å². The summed E-state index contributed by atoms with van der Waals surface area (Å²) in [5, 5.41) is 4.10. The molecule has 0 bridgehead atoms. The lowest BCUT2D eigenvalue weighted by Crippen LogP contribution is -2.22. The third-order valence-corrected chi connectivity index (χ3v) is 3.31. The zero-order valence-corrected chi connectivity index (χ0v) is 16.0. The summed E-state index contributed by atoms with van der Waals surface area (Å²) in [5.41, 5.74) is 8.54. The zero-order chi connectivity index (χ0) is 19.0. The van der Waals surface area contributed by atoms with Crippen LogP contribution in [0, 0.1) is 0 Å². The Hall–Kier alpha value is -1.80. The average Bonchev–Trinajstić information content (AvgIpc) is 2.49.